The van der Waals surface area contributed by atoms with E-state index in [1.54, 1.807) is 36.5 Å². The molecule has 4 heterocycles. The van der Waals surface area contributed by atoms with Gasteiger partial charge in [-0.25, -0.2) is 18.9 Å². The number of carbonyl (C=O) groups is 2. The summed E-state index contributed by atoms with van der Waals surface area (Å²) in [6, 6.07) is 13.7. The Bertz CT molecular complexity index is 2090. The maximum Gasteiger partial charge on any atom is 0.490 e. The number of benzene rings is 2. The van der Waals surface area contributed by atoms with Crippen molar-refractivity contribution in [3.63, 3.8) is 0 Å². The number of rotatable bonds is 3. The molecule has 0 spiro atoms. The van der Waals surface area contributed by atoms with Crippen LogP contribution < -0.4 is 10.9 Å². The molecule has 1 aliphatic heterocycles. The van der Waals surface area contributed by atoms with E-state index in [2.05, 4.69) is 25.6 Å². The van der Waals surface area contributed by atoms with E-state index in [1.165, 1.54) is 40.0 Å². The number of fused-ring (bicyclic) bond motifs is 4. The fourth-order valence-electron chi connectivity index (χ4n) is 5.17. The Balaban J connectivity index is 0.000000606. The molecule has 0 unspecified atom stereocenters. The van der Waals surface area contributed by atoms with Gasteiger partial charge < -0.3 is 15.5 Å². The number of alkyl halides is 3. The predicted octanol–water partition coefficient (Wildman–Crippen LogP) is 6.03. The average Bonchev–Trinajstić information content (AvgIpc) is 3.49. The summed E-state index contributed by atoms with van der Waals surface area (Å²) < 4.78 is 48.9. The first-order chi connectivity index (χ1) is 23.2. The first kappa shape index (κ1) is 34.7. The Hall–Kier alpha value is -5.64. The number of nitrogens with zero attached hydrogens (tertiary/aromatic N) is 6. The SMILES string of the molecule is C[C@@H]1CCC[C@H](n2cnc(-c3cc(Cl)ccc3-n3cc(O)nn3)cc2=O)c2cc(ccn2)-c2cc(F)ccc2NC1=O.O=C(O)C(F)(F)F. The molecular weight excluding hydrogens is 674 g/mol. The Kier molecular flexibility index (Phi) is 10.1. The number of pyridine rings is 1. The van der Waals surface area contributed by atoms with E-state index in [1.807, 2.05) is 13.0 Å². The quantitative estimate of drug-likeness (QED) is 0.191. The van der Waals surface area contributed by atoms with Crippen molar-refractivity contribution in [2.75, 3.05) is 5.32 Å². The minimum atomic E-state index is -5.08. The second-order valence-electron chi connectivity index (χ2n) is 11.0. The zero-order valence-corrected chi connectivity index (χ0v) is 26.2. The van der Waals surface area contributed by atoms with Crippen LogP contribution in [0.1, 0.15) is 37.9 Å². The molecule has 0 saturated carbocycles. The van der Waals surface area contributed by atoms with Crippen molar-refractivity contribution in [1.29, 1.82) is 0 Å². The lowest BCUT2D eigenvalue weighted by atomic mass is 9.95. The summed E-state index contributed by atoms with van der Waals surface area (Å²) in [7, 11) is 0. The molecule has 254 valence electrons. The Morgan fingerprint density at radius 2 is 1.78 bits per heavy atom. The third kappa shape index (κ3) is 8.09. The summed E-state index contributed by atoms with van der Waals surface area (Å²) in [5.41, 5.74) is 3.37. The highest BCUT2D eigenvalue weighted by Gasteiger charge is 2.38. The highest BCUT2D eigenvalue weighted by atomic mass is 35.5. The largest absolute Gasteiger partial charge is 0.491 e. The van der Waals surface area contributed by atoms with Crippen molar-refractivity contribution < 1.29 is 37.4 Å². The lowest BCUT2D eigenvalue weighted by Crippen LogP contribution is -2.27. The van der Waals surface area contributed by atoms with Gasteiger partial charge in [0, 0.05) is 40.0 Å². The van der Waals surface area contributed by atoms with Crippen molar-refractivity contribution >= 4 is 29.2 Å². The van der Waals surface area contributed by atoms with Gasteiger partial charge in [-0.2, -0.15) is 13.2 Å². The molecule has 0 fully saturated rings. The number of aliphatic carboxylic acids is 1. The van der Waals surface area contributed by atoms with Crippen molar-refractivity contribution in [2.24, 2.45) is 5.92 Å². The van der Waals surface area contributed by atoms with Gasteiger partial charge in [0.15, 0.2) is 0 Å². The molecule has 2 atom stereocenters. The van der Waals surface area contributed by atoms with Gasteiger partial charge in [0.1, 0.15) is 5.82 Å². The predicted molar refractivity (Wildman–Crippen MR) is 169 cm³/mol. The minimum absolute atomic E-state index is 0.157. The third-order valence-corrected chi connectivity index (χ3v) is 7.85. The van der Waals surface area contributed by atoms with E-state index in [0.29, 0.717) is 63.7 Å². The highest BCUT2D eigenvalue weighted by molar-refractivity contribution is 6.31. The molecule has 17 heteroatoms. The van der Waals surface area contributed by atoms with E-state index in [-0.39, 0.29) is 23.3 Å². The van der Waals surface area contributed by atoms with Crippen LogP contribution in [0.15, 0.2) is 78.1 Å². The number of anilines is 1. The lowest BCUT2D eigenvalue weighted by Gasteiger charge is -2.23. The van der Waals surface area contributed by atoms with Gasteiger partial charge in [0.25, 0.3) is 11.4 Å². The topological polar surface area (TPSA) is 165 Å². The smallest absolute Gasteiger partial charge is 0.490 e. The number of carboxylic acids is 1. The molecule has 49 heavy (non-hydrogen) atoms. The fraction of sp³-hybridized carbons (Fsp3) is 0.219. The van der Waals surface area contributed by atoms with E-state index in [9.17, 15) is 32.3 Å². The van der Waals surface area contributed by atoms with E-state index in [4.69, 9.17) is 21.5 Å². The summed E-state index contributed by atoms with van der Waals surface area (Å²) >= 11 is 6.28. The van der Waals surface area contributed by atoms with Gasteiger partial charge in [-0.15, -0.1) is 0 Å². The molecule has 2 bridgehead atoms. The van der Waals surface area contributed by atoms with Crippen LogP contribution in [0, 0.1) is 11.7 Å². The van der Waals surface area contributed by atoms with Crippen LogP contribution in [0.3, 0.4) is 0 Å². The van der Waals surface area contributed by atoms with Crippen LogP contribution in [-0.2, 0) is 9.59 Å². The molecule has 1 aliphatic rings. The van der Waals surface area contributed by atoms with E-state index in [0.717, 1.165) is 0 Å². The molecule has 1 amide bonds. The highest BCUT2D eigenvalue weighted by Crippen LogP contribution is 2.34. The standard InChI is InChI=1S/C30H25ClFN7O3.C2HF3O2/c1-17-3-2-4-27(25-11-18(9-10-33-25)21-13-20(32)6-7-23(21)35-30(17)42)38-16-34-24(14-29(38)41)22-12-19(31)5-8-26(22)39-15-28(40)36-37-39;3-2(4,5)1(6)7/h5-17,27,40H,2-4H2,1H3,(H,35,42);(H,6,7)/t17-,27+;/m1./s1. The maximum atomic E-state index is 14.3. The number of halogens is 5. The Morgan fingerprint density at radius 1 is 1.02 bits per heavy atom. The molecule has 3 N–H and O–H groups in total. The molecule has 3 aromatic heterocycles. The van der Waals surface area contributed by atoms with E-state index >= 15 is 0 Å². The van der Waals surface area contributed by atoms with Crippen molar-refractivity contribution in [3.05, 3.63) is 100 Å². The molecule has 6 rings (SSSR count). The zero-order valence-electron chi connectivity index (χ0n) is 25.4. The van der Waals surface area contributed by atoms with Gasteiger partial charge in [0.2, 0.25) is 5.91 Å². The second kappa shape index (κ2) is 14.2. The minimum Gasteiger partial charge on any atom is -0.491 e. The third-order valence-electron chi connectivity index (χ3n) is 7.61. The number of aromatic hydroxyl groups is 1. The Labute approximate surface area is 279 Å². The first-order valence-corrected chi connectivity index (χ1v) is 15.0. The van der Waals surface area contributed by atoms with Gasteiger partial charge in [-0.1, -0.05) is 35.3 Å². The average molecular weight is 700 g/mol. The molecule has 2 aromatic carbocycles. The number of hydrogen-bond donors (Lipinski definition) is 3. The second-order valence-corrected chi connectivity index (χ2v) is 11.4. The first-order valence-electron chi connectivity index (χ1n) is 14.6. The van der Waals surface area contributed by atoms with Crippen LogP contribution in [-0.4, -0.2) is 57.8 Å². The summed E-state index contributed by atoms with van der Waals surface area (Å²) in [6.45, 7) is 1.84. The van der Waals surface area contributed by atoms with Crippen LogP contribution in [0.4, 0.5) is 23.2 Å². The molecular formula is C32H26ClF4N7O5. The normalized spacial score (nSPS) is 16.2. The number of aromatic nitrogens is 6. The van der Waals surface area contributed by atoms with Gasteiger partial charge in [-0.3, -0.25) is 19.1 Å². The van der Waals surface area contributed by atoms with Crippen LogP contribution in [0.25, 0.3) is 28.1 Å². The number of carbonyl (C=O) groups excluding carboxylic acids is 1. The molecule has 0 aliphatic carbocycles. The van der Waals surface area contributed by atoms with Crippen LogP contribution >= 0.6 is 11.6 Å². The Morgan fingerprint density at radius 3 is 2.45 bits per heavy atom. The van der Waals surface area contributed by atoms with Crippen molar-refractivity contribution in [1.82, 2.24) is 29.5 Å². The van der Waals surface area contributed by atoms with Crippen molar-refractivity contribution in [3.8, 4) is 34.0 Å². The lowest BCUT2D eigenvalue weighted by molar-refractivity contribution is -0.192. The van der Waals surface area contributed by atoms with Crippen LogP contribution in [0.5, 0.6) is 5.88 Å². The number of amides is 1. The van der Waals surface area contributed by atoms with Crippen molar-refractivity contribution in [2.45, 2.75) is 38.4 Å². The summed E-state index contributed by atoms with van der Waals surface area (Å²) in [4.78, 5) is 44.7. The van der Waals surface area contributed by atoms with Gasteiger partial charge in [0.05, 0.1) is 35.6 Å². The summed E-state index contributed by atoms with van der Waals surface area (Å²) in [5.74, 6) is -3.91. The zero-order chi connectivity index (χ0) is 35.5. The number of nitrogens with one attached hydrogen (secondary N) is 1. The summed E-state index contributed by atoms with van der Waals surface area (Å²) in [5, 5.41) is 27.7. The molecule has 0 radical (unpaired) electrons. The monoisotopic (exact) mass is 699 g/mol. The summed E-state index contributed by atoms with van der Waals surface area (Å²) in [6.07, 6.45) is 1.07. The maximum absolute atomic E-state index is 14.3. The number of carboxylic acid groups (broad SMARTS) is 1. The van der Waals surface area contributed by atoms with E-state index < -0.39 is 24.0 Å². The molecule has 5 aromatic rings. The molecule has 0 saturated heterocycles. The fourth-order valence-corrected chi connectivity index (χ4v) is 5.35. The molecule has 12 nitrogen and oxygen atoms in total. The van der Waals surface area contributed by atoms with Crippen LogP contribution in [0.2, 0.25) is 5.02 Å². The number of hydrogen-bond acceptors (Lipinski definition) is 8. The van der Waals surface area contributed by atoms with Gasteiger partial charge >= 0.3 is 12.1 Å². The van der Waals surface area contributed by atoms with Gasteiger partial charge in [-0.05, 0) is 66.9 Å².